The van der Waals surface area contributed by atoms with Crippen LogP contribution in [0.25, 0.3) is 0 Å². The average molecular weight is 322 g/mol. The number of sulfonamides is 1. The zero-order chi connectivity index (χ0) is 14.8. The highest BCUT2D eigenvalue weighted by Crippen LogP contribution is 2.37. The zero-order valence-electron chi connectivity index (χ0n) is 10.9. The average Bonchev–Trinajstić information content (AvgIpc) is 2.85. The lowest BCUT2D eigenvalue weighted by atomic mass is 9.88. The maximum Gasteiger partial charge on any atom is 0.242 e. The van der Waals surface area contributed by atoms with Crippen LogP contribution in [-0.4, -0.2) is 26.7 Å². The van der Waals surface area contributed by atoms with E-state index in [9.17, 15) is 17.9 Å². The summed E-state index contributed by atoms with van der Waals surface area (Å²) < 4.78 is 39.8. The second-order valence-corrected chi connectivity index (χ2v) is 7.41. The van der Waals surface area contributed by atoms with Crippen LogP contribution in [0.3, 0.4) is 0 Å². The SMILES string of the molecule is O=S(=O)(NCC1(CO)CCCC1)c1ccc(F)cc1Cl. The van der Waals surface area contributed by atoms with Gasteiger partial charge in [0.15, 0.2) is 0 Å². The van der Waals surface area contributed by atoms with Gasteiger partial charge >= 0.3 is 0 Å². The van der Waals surface area contributed by atoms with E-state index in [1.165, 1.54) is 0 Å². The molecule has 7 heteroatoms. The maximum atomic E-state index is 13.0. The van der Waals surface area contributed by atoms with Crippen molar-refractivity contribution in [1.82, 2.24) is 4.72 Å². The van der Waals surface area contributed by atoms with Crippen LogP contribution in [0.1, 0.15) is 25.7 Å². The Hall–Kier alpha value is -0.690. The molecule has 0 atom stereocenters. The van der Waals surface area contributed by atoms with Crippen molar-refractivity contribution in [2.45, 2.75) is 30.6 Å². The number of halogens is 2. The van der Waals surface area contributed by atoms with Gasteiger partial charge in [0.2, 0.25) is 10.0 Å². The summed E-state index contributed by atoms with van der Waals surface area (Å²) >= 11 is 5.77. The Bertz CT molecular complexity index is 585. The Balaban J connectivity index is 2.15. The fourth-order valence-corrected chi connectivity index (χ4v) is 4.22. The molecule has 20 heavy (non-hydrogen) atoms. The smallest absolute Gasteiger partial charge is 0.242 e. The molecule has 1 aromatic rings. The summed E-state index contributed by atoms with van der Waals surface area (Å²) in [5.74, 6) is -0.587. The molecule has 1 fully saturated rings. The number of benzene rings is 1. The van der Waals surface area contributed by atoms with E-state index in [2.05, 4.69) is 4.72 Å². The molecule has 2 N–H and O–H groups in total. The third-order valence-corrected chi connectivity index (χ3v) is 5.70. The van der Waals surface area contributed by atoms with Crippen molar-refractivity contribution >= 4 is 21.6 Å². The first kappa shape index (κ1) is 15.7. The second-order valence-electron chi connectivity index (χ2n) is 5.26. The minimum atomic E-state index is -3.80. The fraction of sp³-hybridized carbons (Fsp3) is 0.538. The molecule has 0 bridgehead atoms. The van der Waals surface area contributed by atoms with E-state index in [0.717, 1.165) is 43.9 Å². The monoisotopic (exact) mass is 321 g/mol. The minimum absolute atomic E-state index is 0.0489. The number of aliphatic hydroxyl groups excluding tert-OH is 1. The molecular weight excluding hydrogens is 305 g/mol. The first-order chi connectivity index (χ1) is 9.38. The molecule has 4 nitrogen and oxygen atoms in total. The van der Waals surface area contributed by atoms with Crippen molar-refractivity contribution in [3.05, 3.63) is 29.0 Å². The van der Waals surface area contributed by atoms with Gasteiger partial charge in [0.1, 0.15) is 10.7 Å². The third-order valence-electron chi connectivity index (χ3n) is 3.82. The first-order valence-electron chi connectivity index (χ1n) is 6.44. The molecule has 2 rings (SSSR count). The Kier molecular flexibility index (Phi) is 4.69. The lowest BCUT2D eigenvalue weighted by Crippen LogP contribution is -2.38. The number of nitrogens with one attached hydrogen (secondary N) is 1. The Morgan fingerprint density at radius 2 is 2.00 bits per heavy atom. The minimum Gasteiger partial charge on any atom is -0.396 e. The van der Waals surface area contributed by atoms with Crippen molar-refractivity contribution in [2.75, 3.05) is 13.2 Å². The van der Waals surface area contributed by atoms with Crippen LogP contribution in [0.15, 0.2) is 23.1 Å². The molecule has 0 amide bonds. The highest BCUT2D eigenvalue weighted by Gasteiger charge is 2.34. The van der Waals surface area contributed by atoms with Gasteiger partial charge in [-0.15, -0.1) is 0 Å². The van der Waals surface area contributed by atoms with Gasteiger partial charge in [0, 0.05) is 18.6 Å². The predicted molar refractivity (Wildman–Crippen MR) is 74.6 cm³/mol. The van der Waals surface area contributed by atoms with Crippen molar-refractivity contribution in [2.24, 2.45) is 5.41 Å². The maximum absolute atomic E-state index is 13.0. The van der Waals surface area contributed by atoms with Crippen molar-refractivity contribution in [3.8, 4) is 0 Å². The van der Waals surface area contributed by atoms with Crippen LogP contribution in [0.4, 0.5) is 4.39 Å². The van der Waals surface area contributed by atoms with E-state index in [0.29, 0.717) is 0 Å². The molecule has 0 aromatic heterocycles. The molecule has 0 unspecified atom stereocenters. The second kappa shape index (κ2) is 5.97. The number of hydrogen-bond acceptors (Lipinski definition) is 3. The molecule has 112 valence electrons. The van der Waals surface area contributed by atoms with E-state index in [-0.39, 0.29) is 28.5 Å². The van der Waals surface area contributed by atoms with Gasteiger partial charge in [0.25, 0.3) is 0 Å². The van der Waals surface area contributed by atoms with Crippen LogP contribution in [0.5, 0.6) is 0 Å². The highest BCUT2D eigenvalue weighted by atomic mass is 35.5. The van der Waals surface area contributed by atoms with E-state index in [1.54, 1.807) is 0 Å². The zero-order valence-corrected chi connectivity index (χ0v) is 12.5. The number of rotatable bonds is 5. The summed E-state index contributed by atoms with van der Waals surface area (Å²) in [6.45, 7) is 0.117. The lowest BCUT2D eigenvalue weighted by Gasteiger charge is -2.26. The van der Waals surface area contributed by atoms with Gasteiger partial charge < -0.3 is 5.11 Å². The highest BCUT2D eigenvalue weighted by molar-refractivity contribution is 7.89. The van der Waals surface area contributed by atoms with Crippen LogP contribution >= 0.6 is 11.6 Å². The fourth-order valence-electron chi connectivity index (χ4n) is 2.53. The normalized spacial score (nSPS) is 18.4. The Morgan fingerprint density at radius 1 is 1.35 bits per heavy atom. The molecule has 1 saturated carbocycles. The molecule has 1 aliphatic carbocycles. The molecule has 0 radical (unpaired) electrons. The van der Waals surface area contributed by atoms with Gasteiger partial charge in [0.05, 0.1) is 5.02 Å². The summed E-state index contributed by atoms with van der Waals surface area (Å²) in [6.07, 6.45) is 3.56. The van der Waals surface area contributed by atoms with E-state index in [4.69, 9.17) is 11.6 Å². The summed E-state index contributed by atoms with van der Waals surface area (Å²) in [6, 6.07) is 3.16. The third kappa shape index (κ3) is 3.31. The van der Waals surface area contributed by atoms with Gasteiger partial charge in [-0.05, 0) is 31.0 Å². The van der Waals surface area contributed by atoms with E-state index < -0.39 is 15.8 Å². The van der Waals surface area contributed by atoms with Crippen LogP contribution < -0.4 is 4.72 Å². The van der Waals surface area contributed by atoms with E-state index >= 15 is 0 Å². The summed E-state index contributed by atoms with van der Waals surface area (Å²) in [7, 11) is -3.80. The van der Waals surface area contributed by atoms with Gasteiger partial charge in [-0.1, -0.05) is 24.4 Å². The summed E-state index contributed by atoms with van der Waals surface area (Å²) in [4.78, 5) is -0.147. The predicted octanol–water partition coefficient (Wildman–Crippen LogP) is 2.31. The topological polar surface area (TPSA) is 66.4 Å². The molecule has 0 aliphatic heterocycles. The largest absolute Gasteiger partial charge is 0.396 e. The molecular formula is C13H17ClFNO3S. The molecule has 1 aliphatic rings. The molecule has 0 heterocycles. The van der Waals surface area contributed by atoms with Crippen LogP contribution in [0, 0.1) is 11.2 Å². The van der Waals surface area contributed by atoms with E-state index in [1.807, 2.05) is 0 Å². The summed E-state index contributed by atoms with van der Waals surface area (Å²) in [5, 5.41) is 9.31. The van der Waals surface area contributed by atoms with Crippen LogP contribution in [0.2, 0.25) is 5.02 Å². The Morgan fingerprint density at radius 3 is 2.55 bits per heavy atom. The van der Waals surface area contributed by atoms with Gasteiger partial charge in [-0.3, -0.25) is 0 Å². The lowest BCUT2D eigenvalue weighted by molar-refractivity contribution is 0.134. The number of aliphatic hydroxyl groups is 1. The number of hydrogen-bond donors (Lipinski definition) is 2. The van der Waals surface area contributed by atoms with Gasteiger partial charge in [-0.2, -0.15) is 0 Å². The standard InChI is InChI=1S/C13H17ClFNO3S/c14-11-7-10(15)3-4-12(11)20(18,19)16-8-13(9-17)5-1-2-6-13/h3-4,7,16-17H,1-2,5-6,8-9H2. The van der Waals surface area contributed by atoms with Crippen molar-refractivity contribution in [1.29, 1.82) is 0 Å². The quantitative estimate of drug-likeness (QED) is 0.874. The molecule has 0 spiro atoms. The summed E-state index contributed by atoms with van der Waals surface area (Å²) in [5.41, 5.74) is -0.389. The molecule has 0 saturated heterocycles. The van der Waals surface area contributed by atoms with Crippen molar-refractivity contribution < 1.29 is 17.9 Å². The molecule has 1 aromatic carbocycles. The van der Waals surface area contributed by atoms with Crippen molar-refractivity contribution in [3.63, 3.8) is 0 Å². The first-order valence-corrected chi connectivity index (χ1v) is 8.30. The van der Waals surface area contributed by atoms with Gasteiger partial charge in [-0.25, -0.2) is 17.5 Å². The Labute approximate surface area is 123 Å². The van der Waals surface area contributed by atoms with Crippen LogP contribution in [-0.2, 0) is 10.0 Å².